The van der Waals surface area contributed by atoms with Crippen LogP contribution in [0.15, 0.2) is 24.3 Å². The van der Waals surface area contributed by atoms with Gasteiger partial charge >= 0.3 is 5.97 Å². The average Bonchev–Trinajstić information content (AvgIpc) is 2.45. The van der Waals surface area contributed by atoms with Gasteiger partial charge in [0.05, 0.1) is 11.8 Å². The number of hydrogen-bond donors (Lipinski definition) is 3. The predicted molar refractivity (Wildman–Crippen MR) is 75.3 cm³/mol. The molecular weight excluding hydrogens is 256 g/mol. The van der Waals surface area contributed by atoms with Crippen molar-refractivity contribution >= 4 is 11.9 Å². The number of carboxylic acid groups (broad SMARTS) is 1. The minimum absolute atomic E-state index is 0.120. The van der Waals surface area contributed by atoms with E-state index in [4.69, 9.17) is 5.11 Å². The second kappa shape index (κ2) is 6.05. The van der Waals surface area contributed by atoms with Crippen LogP contribution in [0.5, 0.6) is 0 Å². The second-order valence-electron chi connectivity index (χ2n) is 5.31. The molecule has 108 valence electrons. The van der Waals surface area contributed by atoms with Crippen LogP contribution in [0.1, 0.15) is 30.9 Å². The van der Waals surface area contributed by atoms with E-state index in [2.05, 4.69) is 10.6 Å². The zero-order chi connectivity index (χ0) is 14.7. The van der Waals surface area contributed by atoms with Gasteiger partial charge in [-0.2, -0.15) is 0 Å². The number of hydrogen-bond acceptors (Lipinski definition) is 3. The van der Waals surface area contributed by atoms with Crippen molar-refractivity contribution in [2.24, 2.45) is 5.92 Å². The Morgan fingerprint density at radius 1 is 1.35 bits per heavy atom. The molecule has 5 heteroatoms. The van der Waals surface area contributed by atoms with Crippen molar-refractivity contribution in [1.29, 1.82) is 0 Å². The lowest BCUT2D eigenvalue weighted by Gasteiger charge is -2.27. The number of aliphatic carboxylic acids is 1. The quantitative estimate of drug-likeness (QED) is 0.769. The largest absolute Gasteiger partial charge is 0.481 e. The molecule has 0 aromatic heterocycles. The van der Waals surface area contributed by atoms with E-state index >= 15 is 0 Å². The van der Waals surface area contributed by atoms with Gasteiger partial charge in [0, 0.05) is 19.1 Å². The number of benzene rings is 1. The summed E-state index contributed by atoms with van der Waals surface area (Å²) in [5.74, 6) is -1.89. The Morgan fingerprint density at radius 2 is 2.05 bits per heavy atom. The van der Waals surface area contributed by atoms with E-state index in [1.165, 1.54) is 0 Å². The Bertz CT molecular complexity index is 516. The molecule has 20 heavy (non-hydrogen) atoms. The lowest BCUT2D eigenvalue weighted by Crippen LogP contribution is -2.45. The highest BCUT2D eigenvalue weighted by Crippen LogP contribution is 2.24. The van der Waals surface area contributed by atoms with Gasteiger partial charge in [-0.15, -0.1) is 0 Å². The molecule has 1 aromatic carbocycles. The Kier molecular flexibility index (Phi) is 4.39. The van der Waals surface area contributed by atoms with Crippen molar-refractivity contribution in [2.75, 3.05) is 6.54 Å². The van der Waals surface area contributed by atoms with Gasteiger partial charge in [-0.25, -0.2) is 0 Å². The number of fused-ring (bicyclic) bond motifs is 1. The maximum absolute atomic E-state index is 12.4. The van der Waals surface area contributed by atoms with Crippen molar-refractivity contribution in [3.8, 4) is 0 Å². The highest BCUT2D eigenvalue weighted by Gasteiger charge is 2.29. The molecule has 1 aromatic rings. The summed E-state index contributed by atoms with van der Waals surface area (Å²) in [6, 6.07) is 7.45. The maximum Gasteiger partial charge on any atom is 0.308 e. The molecule has 0 radical (unpaired) electrons. The fourth-order valence-electron chi connectivity index (χ4n) is 2.39. The summed E-state index contributed by atoms with van der Waals surface area (Å²) >= 11 is 0. The van der Waals surface area contributed by atoms with E-state index in [9.17, 15) is 9.59 Å². The van der Waals surface area contributed by atoms with E-state index in [1.54, 1.807) is 13.8 Å². The van der Waals surface area contributed by atoms with Crippen LogP contribution >= 0.6 is 0 Å². The molecule has 3 atom stereocenters. The molecule has 0 saturated heterocycles. The van der Waals surface area contributed by atoms with Gasteiger partial charge in [0.25, 0.3) is 0 Å². The third-order valence-electron chi connectivity index (χ3n) is 3.92. The van der Waals surface area contributed by atoms with Gasteiger partial charge in [-0.1, -0.05) is 24.3 Å². The molecule has 0 saturated carbocycles. The lowest BCUT2D eigenvalue weighted by atomic mass is 9.89. The van der Waals surface area contributed by atoms with Crippen molar-refractivity contribution in [2.45, 2.75) is 32.4 Å². The van der Waals surface area contributed by atoms with Crippen molar-refractivity contribution < 1.29 is 14.7 Å². The van der Waals surface area contributed by atoms with Crippen LogP contribution in [0.25, 0.3) is 0 Å². The van der Waals surface area contributed by atoms with Crippen LogP contribution in [0.4, 0.5) is 0 Å². The van der Waals surface area contributed by atoms with Crippen LogP contribution in [0.2, 0.25) is 0 Å². The topological polar surface area (TPSA) is 78.4 Å². The Labute approximate surface area is 118 Å². The SMILES string of the molecule is CC(NC(=O)C1CNCc2ccccc21)C(C)C(=O)O. The first-order valence-electron chi connectivity index (χ1n) is 6.82. The normalized spacial score (nSPS) is 20.6. The number of carbonyl (C=O) groups excluding carboxylic acids is 1. The summed E-state index contributed by atoms with van der Waals surface area (Å²) < 4.78 is 0. The summed E-state index contributed by atoms with van der Waals surface area (Å²) in [5, 5.41) is 15.0. The van der Waals surface area contributed by atoms with Gasteiger partial charge in [0.2, 0.25) is 5.91 Å². The Balaban J connectivity index is 2.09. The van der Waals surface area contributed by atoms with Gasteiger partial charge in [0.15, 0.2) is 0 Å². The number of nitrogens with one attached hydrogen (secondary N) is 2. The van der Waals surface area contributed by atoms with Crippen LogP contribution in [-0.2, 0) is 16.1 Å². The standard InChI is InChI=1S/C15H20N2O3/c1-9(15(19)20)10(2)17-14(18)13-8-16-7-11-5-3-4-6-12(11)13/h3-6,9-10,13,16H,7-8H2,1-2H3,(H,17,18)(H,19,20). The Hall–Kier alpha value is -1.88. The molecule has 1 heterocycles. The highest BCUT2D eigenvalue weighted by molar-refractivity contribution is 5.85. The van der Waals surface area contributed by atoms with Crippen LogP contribution < -0.4 is 10.6 Å². The highest BCUT2D eigenvalue weighted by atomic mass is 16.4. The molecule has 1 amide bonds. The fourth-order valence-corrected chi connectivity index (χ4v) is 2.39. The fraction of sp³-hybridized carbons (Fsp3) is 0.467. The van der Waals surface area contributed by atoms with Gasteiger partial charge in [0.1, 0.15) is 0 Å². The van der Waals surface area contributed by atoms with Crippen molar-refractivity contribution in [3.63, 3.8) is 0 Å². The third-order valence-corrected chi connectivity index (χ3v) is 3.92. The summed E-state index contributed by atoms with van der Waals surface area (Å²) in [4.78, 5) is 23.3. The summed E-state index contributed by atoms with van der Waals surface area (Å²) in [6.45, 7) is 4.66. The minimum atomic E-state index is -0.903. The molecule has 3 unspecified atom stereocenters. The number of amides is 1. The molecule has 0 bridgehead atoms. The number of carbonyl (C=O) groups is 2. The van der Waals surface area contributed by atoms with E-state index in [1.807, 2.05) is 24.3 Å². The van der Waals surface area contributed by atoms with Crippen LogP contribution in [0.3, 0.4) is 0 Å². The molecule has 2 rings (SSSR count). The predicted octanol–water partition coefficient (Wildman–Crippen LogP) is 1.10. The lowest BCUT2D eigenvalue weighted by molar-refractivity contribution is -0.142. The molecular formula is C15H20N2O3. The third kappa shape index (κ3) is 2.99. The van der Waals surface area contributed by atoms with Crippen LogP contribution in [0, 0.1) is 5.92 Å². The monoisotopic (exact) mass is 276 g/mol. The summed E-state index contributed by atoms with van der Waals surface area (Å²) in [7, 11) is 0. The molecule has 1 aliphatic rings. The van der Waals surface area contributed by atoms with Gasteiger partial charge in [-0.3, -0.25) is 9.59 Å². The Morgan fingerprint density at radius 3 is 2.75 bits per heavy atom. The number of rotatable bonds is 4. The smallest absolute Gasteiger partial charge is 0.308 e. The maximum atomic E-state index is 12.4. The van der Waals surface area contributed by atoms with Crippen molar-refractivity contribution in [3.05, 3.63) is 35.4 Å². The zero-order valence-electron chi connectivity index (χ0n) is 11.7. The first-order chi connectivity index (χ1) is 9.50. The first-order valence-corrected chi connectivity index (χ1v) is 6.82. The molecule has 5 nitrogen and oxygen atoms in total. The minimum Gasteiger partial charge on any atom is -0.481 e. The van der Waals surface area contributed by atoms with E-state index in [0.717, 1.165) is 17.7 Å². The van der Waals surface area contributed by atoms with E-state index in [0.29, 0.717) is 6.54 Å². The summed E-state index contributed by atoms with van der Waals surface area (Å²) in [6.07, 6.45) is 0. The van der Waals surface area contributed by atoms with Crippen LogP contribution in [-0.4, -0.2) is 29.6 Å². The van der Waals surface area contributed by atoms with E-state index < -0.39 is 17.9 Å². The molecule has 1 aliphatic heterocycles. The molecule has 0 fully saturated rings. The number of carboxylic acids is 1. The van der Waals surface area contributed by atoms with Gasteiger partial charge < -0.3 is 15.7 Å². The molecule has 0 aliphatic carbocycles. The van der Waals surface area contributed by atoms with Crippen molar-refractivity contribution in [1.82, 2.24) is 10.6 Å². The average molecular weight is 276 g/mol. The zero-order valence-corrected chi connectivity index (χ0v) is 11.7. The second-order valence-corrected chi connectivity index (χ2v) is 5.31. The van der Waals surface area contributed by atoms with Gasteiger partial charge in [-0.05, 0) is 25.0 Å². The van der Waals surface area contributed by atoms with E-state index in [-0.39, 0.29) is 11.8 Å². The summed E-state index contributed by atoms with van der Waals surface area (Å²) in [5.41, 5.74) is 2.15. The first kappa shape index (κ1) is 14.5. The molecule has 3 N–H and O–H groups in total. The molecule has 0 spiro atoms.